The third-order valence-corrected chi connectivity index (χ3v) is 3.07. The van der Waals surface area contributed by atoms with E-state index >= 15 is 0 Å². The van der Waals surface area contributed by atoms with Gasteiger partial charge in [0.25, 0.3) is 0 Å². The number of hydrogen-bond donors (Lipinski definition) is 2. The molecule has 2 aromatic rings. The first-order valence-electron chi connectivity index (χ1n) is 4.91. The smallest absolute Gasteiger partial charge is 0.147 e. The van der Waals surface area contributed by atoms with Crippen molar-refractivity contribution in [1.29, 1.82) is 0 Å². The van der Waals surface area contributed by atoms with E-state index in [1.165, 1.54) is 5.56 Å². The van der Waals surface area contributed by atoms with Gasteiger partial charge in [-0.3, -0.25) is 0 Å². The predicted molar refractivity (Wildman–Crippen MR) is 68.4 cm³/mol. The van der Waals surface area contributed by atoms with Gasteiger partial charge in [-0.2, -0.15) is 0 Å². The van der Waals surface area contributed by atoms with Crippen LogP contribution in [-0.2, 0) is 0 Å². The number of anilines is 2. The maximum absolute atomic E-state index is 5.65. The first-order chi connectivity index (χ1) is 7.65. The molecule has 0 bridgehead atoms. The van der Waals surface area contributed by atoms with Gasteiger partial charge in [-0.1, -0.05) is 29.5 Å². The number of aryl methyl sites for hydroxylation is 1. The Balaban J connectivity index is 2.24. The summed E-state index contributed by atoms with van der Waals surface area (Å²) in [6, 6.07) is 11.9. The highest BCUT2D eigenvalue weighted by atomic mass is 32.2. The molecule has 3 nitrogen and oxygen atoms in total. The summed E-state index contributed by atoms with van der Waals surface area (Å²) >= 11 is 1.58. The van der Waals surface area contributed by atoms with Gasteiger partial charge >= 0.3 is 0 Å². The molecule has 0 aliphatic rings. The second-order valence-electron chi connectivity index (χ2n) is 3.54. The first kappa shape index (κ1) is 10.8. The molecule has 1 heterocycles. The summed E-state index contributed by atoms with van der Waals surface area (Å²) < 4.78 is 0. The number of hydrogen-bond acceptors (Lipinski definition) is 4. The van der Waals surface area contributed by atoms with Crippen LogP contribution in [-0.4, -0.2) is 4.98 Å². The summed E-state index contributed by atoms with van der Waals surface area (Å²) in [7, 11) is 0. The summed E-state index contributed by atoms with van der Waals surface area (Å²) in [4.78, 5) is 5.36. The van der Waals surface area contributed by atoms with E-state index in [4.69, 9.17) is 11.5 Å². The Bertz CT molecular complexity index is 511. The van der Waals surface area contributed by atoms with Gasteiger partial charge in [-0.25, -0.2) is 4.98 Å². The Labute approximate surface area is 98.9 Å². The molecule has 0 aliphatic carbocycles. The summed E-state index contributed by atoms with van der Waals surface area (Å²) in [5.41, 5.74) is 13.0. The fraction of sp³-hybridized carbons (Fsp3) is 0.0833. The first-order valence-corrected chi connectivity index (χ1v) is 5.73. The van der Waals surface area contributed by atoms with Gasteiger partial charge in [0.2, 0.25) is 0 Å². The van der Waals surface area contributed by atoms with E-state index in [9.17, 15) is 0 Å². The van der Waals surface area contributed by atoms with E-state index in [-0.39, 0.29) is 0 Å². The minimum Gasteiger partial charge on any atom is -0.396 e. The molecule has 0 radical (unpaired) electrons. The number of benzene rings is 1. The lowest BCUT2D eigenvalue weighted by atomic mass is 10.2. The molecule has 0 spiro atoms. The minimum absolute atomic E-state index is 0.387. The van der Waals surface area contributed by atoms with Crippen LogP contribution in [0.4, 0.5) is 11.5 Å². The second kappa shape index (κ2) is 4.45. The molecule has 0 atom stereocenters. The lowest BCUT2D eigenvalue weighted by molar-refractivity contribution is 1.15. The van der Waals surface area contributed by atoms with Crippen molar-refractivity contribution < 1.29 is 0 Å². The Hall–Kier alpha value is -1.68. The topological polar surface area (TPSA) is 64.9 Å². The van der Waals surface area contributed by atoms with Crippen molar-refractivity contribution in [1.82, 2.24) is 4.98 Å². The monoisotopic (exact) mass is 231 g/mol. The number of aromatic nitrogens is 1. The molecule has 82 valence electrons. The average Bonchev–Trinajstić information content (AvgIpc) is 2.24. The molecule has 0 unspecified atom stereocenters. The number of nitrogen functional groups attached to an aromatic ring is 2. The van der Waals surface area contributed by atoms with Crippen molar-refractivity contribution in [2.24, 2.45) is 0 Å². The van der Waals surface area contributed by atoms with E-state index in [1.807, 2.05) is 18.2 Å². The molecule has 4 heteroatoms. The average molecular weight is 231 g/mol. The van der Waals surface area contributed by atoms with Crippen LogP contribution in [0.2, 0.25) is 0 Å². The highest BCUT2D eigenvalue weighted by Crippen LogP contribution is 2.28. The van der Waals surface area contributed by atoms with Crippen LogP contribution in [0.15, 0.2) is 46.3 Å². The standard InChI is InChI=1S/C12H13N3S/c1-8-3-2-4-9(7-8)16-11-6-5-10(13)12(14)15-11/h2-7H,13H2,1H3,(H2,14,15). The fourth-order valence-corrected chi connectivity index (χ4v) is 2.24. The van der Waals surface area contributed by atoms with Gasteiger partial charge in [-0.15, -0.1) is 0 Å². The summed E-state index contributed by atoms with van der Waals surface area (Å²) in [5, 5.41) is 0.859. The Morgan fingerprint density at radius 1 is 1.12 bits per heavy atom. The second-order valence-corrected chi connectivity index (χ2v) is 4.64. The minimum atomic E-state index is 0.387. The Morgan fingerprint density at radius 3 is 2.62 bits per heavy atom. The summed E-state index contributed by atoms with van der Waals surface area (Å²) in [5.74, 6) is 0.387. The largest absolute Gasteiger partial charge is 0.396 e. The molecule has 1 aromatic heterocycles. The zero-order valence-electron chi connectivity index (χ0n) is 8.97. The zero-order chi connectivity index (χ0) is 11.5. The zero-order valence-corrected chi connectivity index (χ0v) is 9.79. The molecule has 4 N–H and O–H groups in total. The van der Waals surface area contributed by atoms with Crippen molar-refractivity contribution >= 4 is 23.3 Å². The number of nitrogens with two attached hydrogens (primary N) is 2. The normalized spacial score (nSPS) is 10.3. The van der Waals surface area contributed by atoms with Crippen LogP contribution >= 0.6 is 11.8 Å². The van der Waals surface area contributed by atoms with Crippen molar-refractivity contribution in [2.75, 3.05) is 11.5 Å². The van der Waals surface area contributed by atoms with E-state index in [0.29, 0.717) is 11.5 Å². The van der Waals surface area contributed by atoms with E-state index in [2.05, 4.69) is 24.0 Å². The van der Waals surface area contributed by atoms with Crippen LogP contribution in [0.25, 0.3) is 0 Å². The molecular weight excluding hydrogens is 218 g/mol. The van der Waals surface area contributed by atoms with Gasteiger partial charge in [0.1, 0.15) is 10.8 Å². The molecular formula is C12H13N3S. The highest BCUT2D eigenvalue weighted by Gasteiger charge is 2.01. The Kier molecular flexibility index (Phi) is 3.01. The van der Waals surface area contributed by atoms with Crippen LogP contribution in [0.5, 0.6) is 0 Å². The molecule has 0 saturated heterocycles. The third-order valence-electron chi connectivity index (χ3n) is 2.14. The lowest BCUT2D eigenvalue weighted by Crippen LogP contribution is -1.97. The molecule has 0 amide bonds. The quantitative estimate of drug-likeness (QED) is 0.834. The summed E-state index contributed by atoms with van der Waals surface area (Å²) in [6.07, 6.45) is 0. The van der Waals surface area contributed by atoms with Crippen molar-refractivity contribution in [2.45, 2.75) is 16.8 Å². The molecule has 2 rings (SSSR count). The van der Waals surface area contributed by atoms with Crippen LogP contribution in [0, 0.1) is 6.92 Å². The SMILES string of the molecule is Cc1cccc(Sc2ccc(N)c(N)n2)c1. The highest BCUT2D eigenvalue weighted by molar-refractivity contribution is 7.99. The van der Waals surface area contributed by atoms with E-state index < -0.39 is 0 Å². The number of nitrogens with zero attached hydrogens (tertiary/aromatic N) is 1. The van der Waals surface area contributed by atoms with E-state index in [1.54, 1.807) is 17.8 Å². The van der Waals surface area contributed by atoms with E-state index in [0.717, 1.165) is 9.92 Å². The molecule has 0 saturated carbocycles. The molecule has 0 aliphatic heterocycles. The van der Waals surface area contributed by atoms with Gasteiger partial charge in [0.15, 0.2) is 0 Å². The lowest BCUT2D eigenvalue weighted by Gasteiger charge is -2.04. The maximum atomic E-state index is 5.65. The Morgan fingerprint density at radius 2 is 1.94 bits per heavy atom. The van der Waals surface area contributed by atoms with Crippen molar-refractivity contribution in [3.8, 4) is 0 Å². The van der Waals surface area contributed by atoms with Gasteiger partial charge < -0.3 is 11.5 Å². The van der Waals surface area contributed by atoms with Gasteiger partial charge in [0, 0.05) is 4.90 Å². The predicted octanol–water partition coefficient (Wildman–Crippen LogP) is 2.71. The van der Waals surface area contributed by atoms with Gasteiger partial charge in [-0.05, 0) is 31.2 Å². The fourth-order valence-electron chi connectivity index (χ4n) is 1.32. The molecule has 16 heavy (non-hydrogen) atoms. The van der Waals surface area contributed by atoms with Crippen LogP contribution in [0.1, 0.15) is 5.56 Å². The number of pyridine rings is 1. The van der Waals surface area contributed by atoms with Crippen LogP contribution < -0.4 is 11.5 Å². The van der Waals surface area contributed by atoms with Gasteiger partial charge in [0.05, 0.1) is 5.69 Å². The summed E-state index contributed by atoms with van der Waals surface area (Å²) in [6.45, 7) is 2.06. The van der Waals surface area contributed by atoms with Crippen molar-refractivity contribution in [3.63, 3.8) is 0 Å². The van der Waals surface area contributed by atoms with Crippen molar-refractivity contribution in [3.05, 3.63) is 42.0 Å². The molecule has 1 aromatic carbocycles. The molecule has 0 fully saturated rings. The maximum Gasteiger partial charge on any atom is 0.147 e. The van der Waals surface area contributed by atoms with Crippen LogP contribution in [0.3, 0.4) is 0 Å². The number of rotatable bonds is 2. The third kappa shape index (κ3) is 2.46.